The molecule has 0 aliphatic carbocycles. The SMILES string of the molecule is C=CC(=O)OCCCCCCCCCCCOc1ccc(C#N)c(OC(=O)c2ccc(-c3ccccc3)cc2)c1. The summed E-state index contributed by atoms with van der Waals surface area (Å²) in [5.41, 5.74) is 2.76. The van der Waals surface area contributed by atoms with Crippen molar-refractivity contribution in [2.24, 2.45) is 0 Å². The van der Waals surface area contributed by atoms with E-state index in [1.54, 1.807) is 30.3 Å². The Hall–Kier alpha value is -4.37. The normalized spacial score (nSPS) is 10.4. The molecule has 0 bridgehead atoms. The molecule has 0 unspecified atom stereocenters. The van der Waals surface area contributed by atoms with Gasteiger partial charge in [0.25, 0.3) is 0 Å². The molecule has 0 N–H and O–H groups in total. The number of carbonyl (C=O) groups is 2. The van der Waals surface area contributed by atoms with Crippen LogP contribution in [-0.2, 0) is 9.53 Å². The van der Waals surface area contributed by atoms with E-state index in [9.17, 15) is 14.9 Å². The molecule has 0 saturated carbocycles. The van der Waals surface area contributed by atoms with Crippen molar-refractivity contribution >= 4 is 11.9 Å². The van der Waals surface area contributed by atoms with Crippen LogP contribution in [0.15, 0.2) is 85.5 Å². The second kappa shape index (κ2) is 17.3. The number of hydrogen-bond donors (Lipinski definition) is 0. The molecule has 3 rings (SSSR count). The Bertz CT molecular complexity index is 1260. The van der Waals surface area contributed by atoms with Crippen LogP contribution in [0.3, 0.4) is 0 Å². The number of nitrogens with zero attached hydrogens (tertiary/aromatic N) is 1. The molecule has 40 heavy (non-hydrogen) atoms. The average molecular weight is 540 g/mol. The largest absolute Gasteiger partial charge is 0.493 e. The molecule has 3 aromatic carbocycles. The molecule has 208 valence electrons. The smallest absolute Gasteiger partial charge is 0.343 e. The van der Waals surface area contributed by atoms with Crippen LogP contribution in [0.2, 0.25) is 0 Å². The van der Waals surface area contributed by atoms with E-state index in [1.165, 1.54) is 25.3 Å². The first-order chi connectivity index (χ1) is 19.6. The Balaban J connectivity index is 1.34. The van der Waals surface area contributed by atoms with Crippen molar-refractivity contribution in [1.29, 1.82) is 5.26 Å². The maximum atomic E-state index is 12.8. The lowest BCUT2D eigenvalue weighted by molar-refractivity contribution is -0.137. The summed E-state index contributed by atoms with van der Waals surface area (Å²) < 4.78 is 16.4. The van der Waals surface area contributed by atoms with Gasteiger partial charge in [0.15, 0.2) is 5.75 Å². The number of carbonyl (C=O) groups excluding carboxylic acids is 2. The summed E-state index contributed by atoms with van der Waals surface area (Å²) in [4.78, 5) is 23.7. The number of hydrogen-bond acceptors (Lipinski definition) is 6. The lowest BCUT2D eigenvalue weighted by Crippen LogP contribution is -2.09. The fourth-order valence-corrected chi connectivity index (χ4v) is 4.22. The zero-order valence-electron chi connectivity index (χ0n) is 23.0. The molecule has 3 aromatic rings. The molecule has 0 amide bonds. The molecule has 0 radical (unpaired) electrons. The van der Waals surface area contributed by atoms with Gasteiger partial charge in [0, 0.05) is 12.1 Å². The van der Waals surface area contributed by atoms with E-state index in [0.29, 0.717) is 24.5 Å². The third kappa shape index (κ3) is 10.4. The second-order valence-corrected chi connectivity index (χ2v) is 9.50. The maximum Gasteiger partial charge on any atom is 0.343 e. The maximum absolute atomic E-state index is 12.8. The summed E-state index contributed by atoms with van der Waals surface area (Å²) in [6, 6.07) is 24.1. The molecule has 0 aliphatic heterocycles. The van der Waals surface area contributed by atoms with Crippen molar-refractivity contribution < 1.29 is 23.8 Å². The minimum atomic E-state index is -0.524. The zero-order valence-corrected chi connectivity index (χ0v) is 23.0. The Morgan fingerprint density at radius 2 is 1.35 bits per heavy atom. The zero-order chi connectivity index (χ0) is 28.4. The van der Waals surface area contributed by atoms with Crippen LogP contribution >= 0.6 is 0 Å². The second-order valence-electron chi connectivity index (χ2n) is 9.50. The first-order valence-electron chi connectivity index (χ1n) is 13.9. The summed E-state index contributed by atoms with van der Waals surface area (Å²) in [6.45, 7) is 4.41. The third-order valence-corrected chi connectivity index (χ3v) is 6.47. The topological polar surface area (TPSA) is 85.6 Å². The number of rotatable bonds is 17. The standard InChI is InChI=1S/C34H37NO5/c1-2-33(36)39-24-14-9-7-5-3-4-6-8-13-23-38-31-22-21-30(26-35)32(25-31)40-34(37)29-19-17-28(18-20-29)27-15-11-10-12-16-27/h2,10-12,15-22,25H,1,3-9,13-14,23-24H2. The van der Waals surface area contributed by atoms with Crippen molar-refractivity contribution in [3.05, 3.63) is 96.6 Å². The van der Waals surface area contributed by atoms with Crippen LogP contribution in [-0.4, -0.2) is 25.2 Å². The van der Waals surface area contributed by atoms with E-state index in [-0.39, 0.29) is 17.3 Å². The predicted molar refractivity (Wildman–Crippen MR) is 156 cm³/mol. The molecule has 0 fully saturated rings. The molecule has 0 aromatic heterocycles. The van der Waals surface area contributed by atoms with Crippen LogP contribution in [0, 0.1) is 11.3 Å². The van der Waals surface area contributed by atoms with Crippen LogP contribution in [0.1, 0.15) is 73.7 Å². The Kier molecular flexibility index (Phi) is 13.0. The molecule has 0 spiro atoms. The molecule has 0 aliphatic rings. The van der Waals surface area contributed by atoms with Crippen LogP contribution < -0.4 is 9.47 Å². The number of nitriles is 1. The number of ether oxygens (including phenoxy) is 3. The summed E-state index contributed by atoms with van der Waals surface area (Å²) >= 11 is 0. The van der Waals surface area contributed by atoms with Gasteiger partial charge < -0.3 is 14.2 Å². The van der Waals surface area contributed by atoms with Gasteiger partial charge in [-0.2, -0.15) is 5.26 Å². The Morgan fingerprint density at radius 3 is 1.98 bits per heavy atom. The quantitative estimate of drug-likeness (QED) is 0.0746. The van der Waals surface area contributed by atoms with Crippen molar-refractivity contribution in [1.82, 2.24) is 0 Å². The van der Waals surface area contributed by atoms with E-state index in [1.807, 2.05) is 42.5 Å². The molecular weight excluding hydrogens is 502 g/mol. The van der Waals surface area contributed by atoms with Gasteiger partial charge in [-0.3, -0.25) is 0 Å². The van der Waals surface area contributed by atoms with Gasteiger partial charge in [-0.25, -0.2) is 9.59 Å². The van der Waals surface area contributed by atoms with E-state index in [4.69, 9.17) is 14.2 Å². The molecule has 6 nitrogen and oxygen atoms in total. The first kappa shape index (κ1) is 30.2. The van der Waals surface area contributed by atoms with E-state index < -0.39 is 5.97 Å². The highest BCUT2D eigenvalue weighted by Gasteiger charge is 2.13. The van der Waals surface area contributed by atoms with Gasteiger partial charge in [0.2, 0.25) is 0 Å². The molecule has 0 saturated heterocycles. The van der Waals surface area contributed by atoms with Crippen molar-refractivity contribution in [2.75, 3.05) is 13.2 Å². The predicted octanol–water partition coefficient (Wildman–Crippen LogP) is 8.06. The molecule has 0 atom stereocenters. The number of unbranched alkanes of at least 4 members (excludes halogenated alkanes) is 8. The molecule has 0 heterocycles. The van der Waals surface area contributed by atoms with Gasteiger partial charge in [-0.1, -0.05) is 94.0 Å². The Morgan fingerprint density at radius 1 is 0.750 bits per heavy atom. The average Bonchev–Trinajstić information content (AvgIpc) is 3.00. The van der Waals surface area contributed by atoms with Crippen molar-refractivity contribution in [3.63, 3.8) is 0 Å². The van der Waals surface area contributed by atoms with Gasteiger partial charge in [0.05, 0.1) is 24.3 Å². The third-order valence-electron chi connectivity index (χ3n) is 6.47. The van der Waals surface area contributed by atoms with E-state index in [0.717, 1.165) is 49.7 Å². The fraction of sp³-hybridized carbons (Fsp3) is 0.324. The highest BCUT2D eigenvalue weighted by atomic mass is 16.5. The monoisotopic (exact) mass is 539 g/mol. The molecule has 6 heteroatoms. The Labute approximate surface area is 237 Å². The van der Waals surface area contributed by atoms with Crippen LogP contribution in [0.25, 0.3) is 11.1 Å². The van der Waals surface area contributed by atoms with Crippen molar-refractivity contribution in [3.8, 4) is 28.7 Å². The van der Waals surface area contributed by atoms with Gasteiger partial charge >= 0.3 is 11.9 Å². The van der Waals surface area contributed by atoms with Gasteiger partial charge in [0.1, 0.15) is 11.8 Å². The highest BCUT2D eigenvalue weighted by molar-refractivity contribution is 5.92. The fourth-order valence-electron chi connectivity index (χ4n) is 4.22. The number of esters is 2. The lowest BCUT2D eigenvalue weighted by atomic mass is 10.0. The van der Waals surface area contributed by atoms with Crippen LogP contribution in [0.5, 0.6) is 11.5 Å². The summed E-state index contributed by atoms with van der Waals surface area (Å²) in [5.74, 6) is -0.117. The highest BCUT2D eigenvalue weighted by Crippen LogP contribution is 2.26. The van der Waals surface area contributed by atoms with Gasteiger partial charge in [-0.05, 0) is 48.2 Å². The minimum Gasteiger partial charge on any atom is -0.493 e. The van der Waals surface area contributed by atoms with E-state index in [2.05, 4.69) is 12.6 Å². The van der Waals surface area contributed by atoms with Crippen LogP contribution in [0.4, 0.5) is 0 Å². The summed E-state index contributed by atoms with van der Waals surface area (Å²) in [5, 5.41) is 9.47. The summed E-state index contributed by atoms with van der Waals surface area (Å²) in [7, 11) is 0. The first-order valence-corrected chi connectivity index (χ1v) is 13.9. The van der Waals surface area contributed by atoms with Crippen molar-refractivity contribution in [2.45, 2.75) is 57.8 Å². The van der Waals surface area contributed by atoms with E-state index >= 15 is 0 Å². The van der Waals surface area contributed by atoms with Gasteiger partial charge in [-0.15, -0.1) is 0 Å². The minimum absolute atomic E-state index is 0.191. The molecular formula is C34H37NO5. The number of benzene rings is 3. The summed E-state index contributed by atoms with van der Waals surface area (Å²) in [6.07, 6.45) is 11.1. The lowest BCUT2D eigenvalue weighted by Gasteiger charge is -2.10.